The molecule has 0 aliphatic carbocycles. The van der Waals surface area contributed by atoms with E-state index in [0.29, 0.717) is 25.2 Å². The number of carboxylic acid groups (broad SMARTS) is 1. The smallest absolute Gasteiger partial charge is 0.340 e. The molecule has 1 aromatic rings. The summed E-state index contributed by atoms with van der Waals surface area (Å²) >= 11 is 0. The van der Waals surface area contributed by atoms with Crippen LogP contribution in [0.3, 0.4) is 0 Å². The average Bonchev–Trinajstić information content (AvgIpc) is 2.40. The highest BCUT2D eigenvalue weighted by atomic mass is 16.5. The van der Waals surface area contributed by atoms with Crippen LogP contribution in [0.4, 0.5) is 0 Å². The summed E-state index contributed by atoms with van der Waals surface area (Å²) in [5.41, 5.74) is -0.485. The predicted octanol–water partition coefficient (Wildman–Crippen LogP) is 2.57. The van der Waals surface area contributed by atoms with E-state index in [1.54, 1.807) is 24.3 Å². The van der Waals surface area contributed by atoms with E-state index < -0.39 is 11.6 Å². The topological polar surface area (TPSA) is 55.8 Å². The fourth-order valence-electron chi connectivity index (χ4n) is 2.30. The maximum Gasteiger partial charge on any atom is 0.340 e. The zero-order chi connectivity index (χ0) is 13.0. The zero-order valence-electron chi connectivity index (χ0n) is 10.5. The van der Waals surface area contributed by atoms with Crippen molar-refractivity contribution in [1.29, 1.82) is 0 Å². The summed E-state index contributed by atoms with van der Waals surface area (Å²) in [4.78, 5) is 11.5. The van der Waals surface area contributed by atoms with Gasteiger partial charge >= 0.3 is 5.97 Å². The Morgan fingerprint density at radius 1 is 1.39 bits per heavy atom. The Hall–Kier alpha value is -1.55. The molecule has 0 spiro atoms. The summed E-state index contributed by atoms with van der Waals surface area (Å²) in [6.07, 6.45) is 2.32. The predicted molar refractivity (Wildman–Crippen MR) is 66.7 cm³/mol. The van der Waals surface area contributed by atoms with Gasteiger partial charge in [-0.15, -0.1) is 0 Å². The van der Waals surface area contributed by atoms with Crippen molar-refractivity contribution in [3.05, 3.63) is 29.8 Å². The number of ether oxygens (including phenoxy) is 2. The molecule has 1 unspecified atom stereocenters. The second kappa shape index (κ2) is 5.40. The second-order valence-corrected chi connectivity index (χ2v) is 4.40. The number of carbonyl (C=O) groups is 1. The number of aliphatic carboxylic acids is 1. The molecule has 0 bridgehead atoms. The highest BCUT2D eigenvalue weighted by Crippen LogP contribution is 2.36. The highest BCUT2D eigenvalue weighted by molar-refractivity contribution is 5.79. The number of carboxylic acids is 1. The maximum absolute atomic E-state index is 11.5. The molecular formula is C14H18O4. The standard InChI is InChI=1S/C14H18O4/c1-2-17-12-7-5-11(6-8-12)14(13(15)16)9-3-4-10-18-14/h5-8H,2-4,9-10H2,1H3,(H,15,16). The van der Waals surface area contributed by atoms with Gasteiger partial charge in [0.2, 0.25) is 0 Å². The molecule has 1 N–H and O–H groups in total. The van der Waals surface area contributed by atoms with Gasteiger partial charge in [-0.1, -0.05) is 12.1 Å². The van der Waals surface area contributed by atoms with E-state index in [-0.39, 0.29) is 0 Å². The molecule has 1 aromatic carbocycles. The van der Waals surface area contributed by atoms with E-state index in [1.807, 2.05) is 6.92 Å². The van der Waals surface area contributed by atoms with Gasteiger partial charge in [0.15, 0.2) is 5.60 Å². The number of hydrogen-bond acceptors (Lipinski definition) is 3. The van der Waals surface area contributed by atoms with Crippen molar-refractivity contribution in [3.8, 4) is 5.75 Å². The Kier molecular flexibility index (Phi) is 3.87. The van der Waals surface area contributed by atoms with Crippen LogP contribution in [0.2, 0.25) is 0 Å². The quantitative estimate of drug-likeness (QED) is 0.892. The molecule has 0 amide bonds. The Balaban J connectivity index is 2.28. The summed E-state index contributed by atoms with van der Waals surface area (Å²) < 4.78 is 10.9. The van der Waals surface area contributed by atoms with Crippen LogP contribution in [0.5, 0.6) is 5.75 Å². The van der Waals surface area contributed by atoms with Crippen LogP contribution in [-0.4, -0.2) is 24.3 Å². The summed E-state index contributed by atoms with van der Waals surface area (Å²) in [6, 6.07) is 7.15. The van der Waals surface area contributed by atoms with E-state index in [2.05, 4.69) is 0 Å². The molecule has 1 fully saturated rings. The first kappa shape index (κ1) is 12.9. The molecule has 4 nitrogen and oxygen atoms in total. The molecule has 0 saturated carbocycles. The van der Waals surface area contributed by atoms with Crippen molar-refractivity contribution in [3.63, 3.8) is 0 Å². The van der Waals surface area contributed by atoms with Crippen LogP contribution in [-0.2, 0) is 15.1 Å². The normalized spacial score (nSPS) is 23.6. The van der Waals surface area contributed by atoms with Crippen LogP contribution in [0.25, 0.3) is 0 Å². The Morgan fingerprint density at radius 2 is 2.11 bits per heavy atom. The molecule has 0 aromatic heterocycles. The van der Waals surface area contributed by atoms with E-state index >= 15 is 0 Å². The van der Waals surface area contributed by atoms with Gasteiger partial charge in [0.25, 0.3) is 0 Å². The summed E-state index contributed by atoms with van der Waals surface area (Å²) in [6.45, 7) is 3.01. The van der Waals surface area contributed by atoms with Gasteiger partial charge in [-0.25, -0.2) is 4.79 Å². The average molecular weight is 250 g/mol. The summed E-state index contributed by atoms with van der Waals surface area (Å²) in [5.74, 6) is -0.163. The minimum absolute atomic E-state index is 0.500. The monoisotopic (exact) mass is 250 g/mol. The first-order valence-corrected chi connectivity index (χ1v) is 6.30. The lowest BCUT2D eigenvalue weighted by molar-refractivity contribution is -0.174. The third-order valence-electron chi connectivity index (χ3n) is 3.25. The van der Waals surface area contributed by atoms with Gasteiger partial charge in [-0.2, -0.15) is 0 Å². The van der Waals surface area contributed by atoms with Gasteiger partial charge in [-0.3, -0.25) is 0 Å². The molecular weight excluding hydrogens is 232 g/mol. The number of benzene rings is 1. The Morgan fingerprint density at radius 3 is 2.61 bits per heavy atom. The minimum Gasteiger partial charge on any atom is -0.494 e. The molecule has 4 heteroatoms. The van der Waals surface area contributed by atoms with Crippen LogP contribution >= 0.6 is 0 Å². The van der Waals surface area contributed by atoms with Gasteiger partial charge in [0.05, 0.1) is 6.61 Å². The lowest BCUT2D eigenvalue weighted by Gasteiger charge is -2.33. The largest absolute Gasteiger partial charge is 0.494 e. The third-order valence-corrected chi connectivity index (χ3v) is 3.25. The van der Waals surface area contributed by atoms with Crippen molar-refractivity contribution < 1.29 is 19.4 Å². The first-order chi connectivity index (χ1) is 8.69. The van der Waals surface area contributed by atoms with Crippen LogP contribution in [0, 0.1) is 0 Å². The van der Waals surface area contributed by atoms with E-state index in [9.17, 15) is 9.90 Å². The molecule has 1 aliphatic rings. The Labute approximate surface area is 107 Å². The molecule has 1 atom stereocenters. The summed E-state index contributed by atoms with van der Waals surface area (Å²) in [7, 11) is 0. The first-order valence-electron chi connectivity index (χ1n) is 6.30. The molecule has 18 heavy (non-hydrogen) atoms. The minimum atomic E-state index is -1.18. The molecule has 0 radical (unpaired) electrons. The second-order valence-electron chi connectivity index (χ2n) is 4.40. The van der Waals surface area contributed by atoms with Crippen molar-refractivity contribution in [2.24, 2.45) is 0 Å². The number of rotatable bonds is 4. The Bertz CT molecular complexity index is 404. The van der Waals surface area contributed by atoms with Crippen LogP contribution < -0.4 is 4.74 Å². The molecule has 98 valence electrons. The zero-order valence-corrected chi connectivity index (χ0v) is 10.5. The van der Waals surface area contributed by atoms with Crippen LogP contribution in [0.1, 0.15) is 31.7 Å². The fourth-order valence-corrected chi connectivity index (χ4v) is 2.30. The van der Waals surface area contributed by atoms with Gasteiger partial charge in [0.1, 0.15) is 5.75 Å². The molecule has 1 saturated heterocycles. The van der Waals surface area contributed by atoms with Crippen molar-refractivity contribution in [2.45, 2.75) is 31.8 Å². The highest BCUT2D eigenvalue weighted by Gasteiger charge is 2.42. The van der Waals surface area contributed by atoms with E-state index in [0.717, 1.165) is 18.6 Å². The van der Waals surface area contributed by atoms with Gasteiger partial charge in [0, 0.05) is 6.61 Å². The van der Waals surface area contributed by atoms with Gasteiger partial charge in [-0.05, 0) is 43.9 Å². The fraction of sp³-hybridized carbons (Fsp3) is 0.500. The van der Waals surface area contributed by atoms with Crippen molar-refractivity contribution in [2.75, 3.05) is 13.2 Å². The van der Waals surface area contributed by atoms with Crippen LogP contribution in [0.15, 0.2) is 24.3 Å². The SMILES string of the molecule is CCOc1ccc(C2(C(=O)O)CCCCO2)cc1. The third kappa shape index (κ3) is 2.34. The molecule has 1 heterocycles. The van der Waals surface area contributed by atoms with Gasteiger partial charge < -0.3 is 14.6 Å². The van der Waals surface area contributed by atoms with E-state index in [4.69, 9.17) is 9.47 Å². The van der Waals surface area contributed by atoms with Crippen molar-refractivity contribution >= 4 is 5.97 Å². The lowest BCUT2D eigenvalue weighted by atomic mass is 9.86. The number of hydrogen-bond donors (Lipinski definition) is 1. The molecule has 1 aliphatic heterocycles. The lowest BCUT2D eigenvalue weighted by Crippen LogP contribution is -2.41. The molecule has 2 rings (SSSR count). The van der Waals surface area contributed by atoms with E-state index in [1.165, 1.54) is 0 Å². The maximum atomic E-state index is 11.5. The van der Waals surface area contributed by atoms with Crippen molar-refractivity contribution in [1.82, 2.24) is 0 Å². The summed E-state index contributed by atoms with van der Waals surface area (Å²) in [5, 5.41) is 9.46.